The van der Waals surface area contributed by atoms with Crippen LogP contribution in [0, 0.1) is 19.8 Å². The number of esters is 1. The van der Waals surface area contributed by atoms with Gasteiger partial charge in [0.25, 0.3) is 5.91 Å². The van der Waals surface area contributed by atoms with E-state index < -0.39 is 5.97 Å². The zero-order valence-electron chi connectivity index (χ0n) is 14.8. The molecule has 132 valence electrons. The molecule has 1 aliphatic rings. The van der Waals surface area contributed by atoms with E-state index in [2.05, 4.69) is 12.2 Å². The molecule has 0 saturated heterocycles. The third kappa shape index (κ3) is 5.87. The van der Waals surface area contributed by atoms with Gasteiger partial charge in [-0.25, -0.2) is 4.79 Å². The number of benzene rings is 1. The van der Waals surface area contributed by atoms with Crippen molar-refractivity contribution in [3.63, 3.8) is 0 Å². The molecule has 1 aliphatic carbocycles. The first-order chi connectivity index (χ1) is 11.4. The lowest BCUT2D eigenvalue weighted by Gasteiger charge is -2.29. The Balaban J connectivity index is 1.69. The molecule has 0 aliphatic heterocycles. The summed E-state index contributed by atoms with van der Waals surface area (Å²) in [5, 5.41) is 2.96. The van der Waals surface area contributed by atoms with Crippen LogP contribution in [0.15, 0.2) is 18.2 Å². The predicted molar refractivity (Wildman–Crippen MR) is 91.9 cm³/mol. The first-order valence-electron chi connectivity index (χ1n) is 8.60. The number of hydrogen-bond acceptors (Lipinski definition) is 4. The van der Waals surface area contributed by atoms with Crippen LogP contribution < -0.4 is 10.1 Å². The van der Waals surface area contributed by atoms with E-state index in [1.54, 1.807) is 0 Å². The second kappa shape index (κ2) is 8.71. The average Bonchev–Trinajstić information content (AvgIpc) is 2.52. The number of hydrogen-bond donors (Lipinski definition) is 1. The number of aryl methyl sites for hydroxylation is 2. The van der Waals surface area contributed by atoms with Gasteiger partial charge in [-0.2, -0.15) is 0 Å². The molecule has 2 rings (SSSR count). The number of nitrogens with one attached hydrogen (secondary N) is 1. The number of amides is 1. The van der Waals surface area contributed by atoms with E-state index in [0.717, 1.165) is 30.4 Å². The Morgan fingerprint density at radius 3 is 2.42 bits per heavy atom. The van der Waals surface area contributed by atoms with Crippen LogP contribution in [-0.4, -0.2) is 31.1 Å². The molecule has 0 heterocycles. The normalized spacial score (nSPS) is 20.3. The number of carbonyl (C=O) groups is 2. The highest BCUT2D eigenvalue weighted by atomic mass is 16.6. The topological polar surface area (TPSA) is 64.6 Å². The van der Waals surface area contributed by atoms with Gasteiger partial charge >= 0.3 is 5.97 Å². The molecular weight excluding hydrogens is 306 g/mol. The van der Waals surface area contributed by atoms with Crippen LogP contribution in [0.25, 0.3) is 0 Å². The first kappa shape index (κ1) is 18.3. The second-order valence-corrected chi connectivity index (χ2v) is 6.71. The Hall–Kier alpha value is -2.04. The van der Waals surface area contributed by atoms with E-state index in [1.807, 2.05) is 32.0 Å². The first-order valence-corrected chi connectivity index (χ1v) is 8.60. The Bertz CT molecular complexity index is 564. The molecule has 1 N–H and O–H groups in total. The SMILES string of the molecule is Cc1cc(C)cc(OCC(=O)OCC(=O)N[C@@H]2CCCC[C@H]2C)c1. The Morgan fingerprint density at radius 1 is 1.08 bits per heavy atom. The van der Waals surface area contributed by atoms with E-state index >= 15 is 0 Å². The molecule has 1 fully saturated rings. The summed E-state index contributed by atoms with van der Waals surface area (Å²) in [6.45, 7) is 5.63. The van der Waals surface area contributed by atoms with Gasteiger partial charge in [-0.3, -0.25) is 4.79 Å². The van der Waals surface area contributed by atoms with Crippen LogP contribution in [0.3, 0.4) is 0 Å². The van der Waals surface area contributed by atoms with Crippen molar-refractivity contribution in [2.24, 2.45) is 5.92 Å². The molecule has 0 spiro atoms. The molecular formula is C19H27NO4. The third-order valence-corrected chi connectivity index (χ3v) is 4.37. The molecule has 0 unspecified atom stereocenters. The smallest absolute Gasteiger partial charge is 0.344 e. The number of rotatable bonds is 6. The summed E-state index contributed by atoms with van der Waals surface area (Å²) < 4.78 is 10.4. The highest BCUT2D eigenvalue weighted by Gasteiger charge is 2.23. The van der Waals surface area contributed by atoms with Crippen LogP contribution in [0.4, 0.5) is 0 Å². The Labute approximate surface area is 143 Å². The van der Waals surface area contributed by atoms with E-state index in [0.29, 0.717) is 11.7 Å². The van der Waals surface area contributed by atoms with Crippen molar-refractivity contribution in [3.05, 3.63) is 29.3 Å². The van der Waals surface area contributed by atoms with Gasteiger partial charge in [0.2, 0.25) is 0 Å². The fourth-order valence-corrected chi connectivity index (χ4v) is 3.13. The molecule has 5 nitrogen and oxygen atoms in total. The fourth-order valence-electron chi connectivity index (χ4n) is 3.13. The predicted octanol–water partition coefficient (Wildman–Crippen LogP) is 2.92. The molecule has 5 heteroatoms. The lowest BCUT2D eigenvalue weighted by molar-refractivity contribution is -0.150. The average molecular weight is 333 g/mol. The van der Waals surface area contributed by atoms with Crippen molar-refractivity contribution in [1.29, 1.82) is 0 Å². The summed E-state index contributed by atoms with van der Waals surface area (Å²) in [4.78, 5) is 23.6. The highest BCUT2D eigenvalue weighted by Crippen LogP contribution is 2.23. The number of carbonyl (C=O) groups excluding carboxylic acids is 2. The third-order valence-electron chi connectivity index (χ3n) is 4.37. The van der Waals surface area contributed by atoms with Crippen molar-refractivity contribution in [1.82, 2.24) is 5.32 Å². The molecule has 1 saturated carbocycles. The van der Waals surface area contributed by atoms with Crippen molar-refractivity contribution in [3.8, 4) is 5.75 Å². The van der Waals surface area contributed by atoms with Gasteiger partial charge in [0.15, 0.2) is 13.2 Å². The summed E-state index contributed by atoms with van der Waals surface area (Å²) >= 11 is 0. The fraction of sp³-hybridized carbons (Fsp3) is 0.579. The summed E-state index contributed by atoms with van der Waals surface area (Å²) in [5.41, 5.74) is 2.14. The van der Waals surface area contributed by atoms with Gasteiger partial charge in [-0.05, 0) is 55.9 Å². The van der Waals surface area contributed by atoms with Crippen molar-refractivity contribution in [2.45, 2.75) is 52.5 Å². The highest BCUT2D eigenvalue weighted by molar-refractivity contribution is 5.81. The van der Waals surface area contributed by atoms with E-state index in [9.17, 15) is 9.59 Å². The molecule has 1 aromatic rings. The van der Waals surface area contributed by atoms with Crippen LogP contribution in [0.5, 0.6) is 5.75 Å². The van der Waals surface area contributed by atoms with Crippen molar-refractivity contribution in [2.75, 3.05) is 13.2 Å². The summed E-state index contributed by atoms with van der Waals surface area (Å²) in [7, 11) is 0. The monoisotopic (exact) mass is 333 g/mol. The molecule has 2 atom stereocenters. The Kier molecular flexibility index (Phi) is 6.64. The van der Waals surface area contributed by atoms with Gasteiger partial charge in [0, 0.05) is 6.04 Å². The van der Waals surface area contributed by atoms with Gasteiger partial charge in [0.1, 0.15) is 5.75 Å². The van der Waals surface area contributed by atoms with Crippen molar-refractivity contribution < 1.29 is 19.1 Å². The van der Waals surface area contributed by atoms with Gasteiger partial charge in [0.05, 0.1) is 0 Å². The molecule has 0 aromatic heterocycles. The van der Waals surface area contributed by atoms with E-state index in [1.165, 1.54) is 6.42 Å². The Morgan fingerprint density at radius 2 is 1.75 bits per heavy atom. The minimum absolute atomic E-state index is 0.191. The van der Waals surface area contributed by atoms with Crippen molar-refractivity contribution >= 4 is 11.9 Å². The zero-order valence-corrected chi connectivity index (χ0v) is 14.8. The van der Waals surface area contributed by atoms with Gasteiger partial charge < -0.3 is 14.8 Å². The largest absolute Gasteiger partial charge is 0.482 e. The molecule has 24 heavy (non-hydrogen) atoms. The lowest BCUT2D eigenvalue weighted by atomic mass is 9.86. The van der Waals surface area contributed by atoms with E-state index in [-0.39, 0.29) is 25.2 Å². The standard InChI is InChI=1S/C19H27NO4/c1-13-8-14(2)10-16(9-13)23-12-19(22)24-11-18(21)20-17-7-5-4-6-15(17)3/h8-10,15,17H,4-7,11-12H2,1-3H3,(H,20,21)/t15-,17-/m1/s1. The summed E-state index contributed by atoms with van der Waals surface area (Å²) in [5.74, 6) is 0.325. The van der Waals surface area contributed by atoms with Crippen LogP contribution in [0.2, 0.25) is 0 Å². The van der Waals surface area contributed by atoms with Crippen LogP contribution in [-0.2, 0) is 14.3 Å². The van der Waals surface area contributed by atoms with Gasteiger partial charge in [-0.15, -0.1) is 0 Å². The number of ether oxygens (including phenoxy) is 2. The van der Waals surface area contributed by atoms with E-state index in [4.69, 9.17) is 9.47 Å². The molecule has 1 aromatic carbocycles. The molecule has 1 amide bonds. The second-order valence-electron chi connectivity index (χ2n) is 6.71. The molecule has 0 radical (unpaired) electrons. The maximum Gasteiger partial charge on any atom is 0.344 e. The maximum atomic E-state index is 11.9. The summed E-state index contributed by atoms with van der Waals surface area (Å²) in [6, 6.07) is 5.94. The van der Waals surface area contributed by atoms with Crippen LogP contribution in [0.1, 0.15) is 43.7 Å². The summed E-state index contributed by atoms with van der Waals surface area (Å²) in [6.07, 6.45) is 4.49. The minimum Gasteiger partial charge on any atom is -0.482 e. The lowest BCUT2D eigenvalue weighted by Crippen LogP contribution is -2.43. The maximum absolute atomic E-state index is 11.9. The van der Waals surface area contributed by atoms with Gasteiger partial charge in [-0.1, -0.05) is 25.8 Å². The van der Waals surface area contributed by atoms with Crippen LogP contribution >= 0.6 is 0 Å². The molecule has 0 bridgehead atoms. The quantitative estimate of drug-likeness (QED) is 0.813. The minimum atomic E-state index is -0.541. The zero-order chi connectivity index (χ0) is 17.5.